The predicted octanol–water partition coefficient (Wildman–Crippen LogP) is 5.67. The molecule has 0 spiro atoms. The molecule has 1 aromatic heterocycles. The number of hydrogen-bond donors (Lipinski definition) is 8. The van der Waals surface area contributed by atoms with Gasteiger partial charge in [-0.15, -0.1) is 0 Å². The Hall–Kier alpha value is -7.18. The molecule has 6 aliphatic carbocycles. The van der Waals surface area contributed by atoms with Crippen molar-refractivity contribution in [3.63, 3.8) is 0 Å². The lowest BCUT2D eigenvalue weighted by Crippen LogP contribution is -2.70. The van der Waals surface area contributed by atoms with Gasteiger partial charge in [0, 0.05) is 73.4 Å². The van der Waals surface area contributed by atoms with Crippen molar-refractivity contribution in [3.05, 3.63) is 122 Å². The first-order chi connectivity index (χ1) is 39.2. The number of aromatic hydroxyl groups is 1. The van der Waals surface area contributed by atoms with Crippen LogP contribution in [0.25, 0.3) is 11.5 Å². The molecule has 22 heteroatoms. The number of carbonyl (C=O) groups is 5. The summed E-state index contributed by atoms with van der Waals surface area (Å²) in [4.78, 5) is 77.3. The van der Waals surface area contributed by atoms with E-state index in [1.54, 1.807) is 25.1 Å². The molecule has 21 nitrogen and oxygen atoms in total. The van der Waals surface area contributed by atoms with Gasteiger partial charge in [0.15, 0.2) is 31.1 Å². The molecule has 84 heavy (non-hydrogen) atoms. The maximum absolute atomic E-state index is 15.7. The zero-order valence-electron chi connectivity index (χ0n) is 50.2. The molecule has 1 heterocycles. The van der Waals surface area contributed by atoms with E-state index in [-0.39, 0.29) is 70.6 Å². The van der Waals surface area contributed by atoms with Crippen molar-refractivity contribution in [2.24, 2.45) is 28.4 Å². The monoisotopic (exact) mass is 1170 g/mol. The van der Waals surface area contributed by atoms with Crippen molar-refractivity contribution in [2.45, 2.75) is 101 Å². The summed E-state index contributed by atoms with van der Waals surface area (Å²) in [6.45, 7) is 11.2. The quantitative estimate of drug-likeness (QED) is 0.0481. The topological polar surface area (TPSA) is 310 Å². The first kappa shape index (κ1) is 61.4. The molecule has 2 fully saturated rings. The van der Waals surface area contributed by atoms with Crippen LogP contribution in [0.4, 0.5) is 11.4 Å². The number of aromatic nitrogens is 1. The number of aliphatic hydroxyl groups excluding tert-OH is 5. The largest absolute Gasteiger partial charge is 0.508 e. The van der Waals surface area contributed by atoms with Crippen LogP contribution in [0.2, 0.25) is 18.1 Å². The van der Waals surface area contributed by atoms with Crippen LogP contribution in [0.1, 0.15) is 89.2 Å². The normalized spacial score (nSPS) is 27.3. The summed E-state index contributed by atoms with van der Waals surface area (Å²) in [6, 6.07) is 14.6. The number of Topliss-reactive ketones (excluding diaryl/α,β-unsaturated/α-hetero) is 4. The van der Waals surface area contributed by atoms with E-state index in [4.69, 9.17) is 19.4 Å². The molecule has 3 aromatic carbocycles. The number of nitrogens with two attached hydrogens (primary N) is 1. The van der Waals surface area contributed by atoms with Gasteiger partial charge in [0.1, 0.15) is 40.8 Å². The number of amides is 1. The average Bonchev–Trinajstić information content (AvgIpc) is 0.894. The van der Waals surface area contributed by atoms with E-state index < -0.39 is 114 Å². The minimum atomic E-state index is -2.89. The number of likely N-dealkylation sites (N-methyl/N-ethyl adjacent to an activating group) is 1. The third kappa shape index (κ3) is 8.92. The number of carbonyl (C=O) groups excluding carboxylic acids is 5. The lowest BCUT2D eigenvalue weighted by molar-refractivity contribution is -0.158. The van der Waals surface area contributed by atoms with Crippen LogP contribution < -0.4 is 20.3 Å². The molecule has 0 aliphatic heterocycles. The second-order valence-electron chi connectivity index (χ2n) is 25.9. The second-order valence-corrected chi connectivity index (χ2v) is 30.6. The second kappa shape index (κ2) is 21.1. The van der Waals surface area contributed by atoms with Gasteiger partial charge in [0.05, 0.1) is 36.4 Å². The summed E-state index contributed by atoms with van der Waals surface area (Å²) < 4.78 is 19.3. The van der Waals surface area contributed by atoms with Gasteiger partial charge in [-0.2, -0.15) is 0 Å². The van der Waals surface area contributed by atoms with Crippen LogP contribution in [0.3, 0.4) is 0 Å². The smallest absolute Gasteiger partial charge is 0.265 e. The number of primary amides is 1. The number of ether oxygens (including phenoxy) is 1. The average molecular weight is 1180 g/mol. The molecule has 0 saturated heterocycles. The Kier molecular flexibility index (Phi) is 15.4. The molecule has 8 atom stereocenters. The van der Waals surface area contributed by atoms with E-state index in [2.05, 4.69) is 25.9 Å². The molecule has 4 aromatic rings. The highest BCUT2D eigenvalue weighted by molar-refractivity contribution is 6.74. The Morgan fingerprint density at radius 1 is 0.726 bits per heavy atom. The first-order valence-corrected chi connectivity index (χ1v) is 30.8. The highest BCUT2D eigenvalue weighted by Gasteiger charge is 2.72. The van der Waals surface area contributed by atoms with E-state index in [1.807, 2.05) is 100 Å². The van der Waals surface area contributed by atoms with Crippen molar-refractivity contribution >= 4 is 60.3 Å². The Bertz CT molecular complexity index is 3520. The van der Waals surface area contributed by atoms with Crippen molar-refractivity contribution < 1.29 is 73.4 Å². The van der Waals surface area contributed by atoms with Crippen LogP contribution in [0, 0.1) is 29.6 Å². The van der Waals surface area contributed by atoms with E-state index in [0.29, 0.717) is 29.0 Å². The Labute approximate surface area is 489 Å². The zero-order chi connectivity index (χ0) is 62.0. The number of benzene rings is 3. The highest BCUT2D eigenvalue weighted by Crippen LogP contribution is 2.64. The number of phenolic OH excluding ortho intramolecular Hbond substituents is 1. The molecule has 1 amide bonds. The molecule has 10 rings (SSSR count). The van der Waals surface area contributed by atoms with Crippen LogP contribution in [-0.2, 0) is 43.1 Å². The van der Waals surface area contributed by atoms with Gasteiger partial charge in [-0.1, -0.05) is 57.2 Å². The van der Waals surface area contributed by atoms with Crippen LogP contribution in [0.5, 0.6) is 11.6 Å². The number of nitrogens with zero attached hydrogens (tertiary/aromatic N) is 5. The summed E-state index contributed by atoms with van der Waals surface area (Å²) in [5.41, 5.74) is 1.81. The fourth-order valence-electron chi connectivity index (χ4n) is 14.0. The number of fused-ring (bicyclic) bond motifs is 7. The summed E-state index contributed by atoms with van der Waals surface area (Å²) in [5.74, 6) is -8.62. The zero-order valence-corrected chi connectivity index (χ0v) is 51.2. The number of aryl methyl sites for hydroxylation is 1. The molecule has 9 N–H and O–H groups in total. The minimum absolute atomic E-state index is 0.0000478. The van der Waals surface area contributed by atoms with Crippen LogP contribution in [0.15, 0.2) is 81.6 Å². The Balaban J connectivity index is 0.000000213. The van der Waals surface area contributed by atoms with Crippen molar-refractivity contribution in [1.29, 1.82) is 0 Å². The van der Waals surface area contributed by atoms with Crippen molar-refractivity contribution in [2.75, 3.05) is 79.4 Å². The fraction of sp³-hybridized carbons (Fsp3) is 0.484. The van der Waals surface area contributed by atoms with E-state index >= 15 is 9.59 Å². The number of rotatable bonds is 12. The Morgan fingerprint density at radius 2 is 1.25 bits per heavy atom. The van der Waals surface area contributed by atoms with Crippen molar-refractivity contribution in [3.8, 4) is 11.6 Å². The molecule has 0 radical (unpaired) electrons. The fourth-order valence-corrected chi connectivity index (χ4v) is 15.4. The third-order valence-corrected chi connectivity index (χ3v) is 23.4. The van der Waals surface area contributed by atoms with Crippen LogP contribution >= 0.6 is 0 Å². The molecular formula is C62H78N6O15Si. The predicted molar refractivity (Wildman–Crippen MR) is 315 cm³/mol. The summed E-state index contributed by atoms with van der Waals surface area (Å²) in [6.07, 6.45) is 0.283. The van der Waals surface area contributed by atoms with Crippen molar-refractivity contribution in [1.82, 2.24) is 15.0 Å². The molecule has 0 bridgehead atoms. The number of aliphatic hydroxyl groups is 6. The SMILES string of the molecule is CN(C)c1ccc(O)c2c1C[C@@]1(CO)C[C@H]3[C@H](N(C)C)C(=O)C(C(N)=O)=C(O)[C@@]3(O)C(=O)C1=C2O.Cc1ccc(N(C)C)c2c1C(O)=C1C(=O)[C@]3(O[Si](C)(C)C(C)(C)C)C(=O)c4c(OCc5ccccc5)noc4[C@@H](N(C)C)[C@@H]3C[C@]1(CO)C2. The maximum Gasteiger partial charge on any atom is 0.265 e. The molecule has 0 unspecified atom stereocenters. The van der Waals surface area contributed by atoms with Gasteiger partial charge in [0.2, 0.25) is 17.3 Å². The summed E-state index contributed by atoms with van der Waals surface area (Å²) in [7, 11) is 11.3. The maximum atomic E-state index is 15.7. The summed E-state index contributed by atoms with van der Waals surface area (Å²) >= 11 is 0. The lowest BCUT2D eigenvalue weighted by atomic mass is 9.51. The third-order valence-electron chi connectivity index (χ3n) is 19.0. The van der Waals surface area contributed by atoms with Gasteiger partial charge in [0.25, 0.3) is 11.8 Å². The van der Waals surface area contributed by atoms with Gasteiger partial charge < -0.3 is 65.0 Å². The standard InChI is InChI=1S/C38H49N3O7Si.C24H29N3O8/c1-22-16-17-26(40(5)6)24-18-37(21-42)19-25-30(41(7)8)32-28(35(39-47-32)46-20-23-14-12-11-13-15-23)33(44)38(25,48-49(9,10)36(2,3)4)34(45)29(37)31(43)27(22)24;1-26(2)12-5-6-13(29)14-10(12)7-23(9-28)8-11-17(27(3)4)19(31)15(22(25)34)20(32)24(11,35)21(33)16(23)18(14)30/h11-17,25,30,42-43H,18-21H2,1-10H3;5-6,11,17,28-30,32,35H,7-9H2,1-4H3,(H2,25,34)/t25-,30-,37-,38+;11-,17-,23-,24+/m00/s1. The Morgan fingerprint density at radius 3 is 1.77 bits per heavy atom. The van der Waals surface area contributed by atoms with Crippen LogP contribution in [-0.4, -0.2) is 175 Å². The molecule has 6 aliphatic rings. The van der Waals surface area contributed by atoms with Gasteiger partial charge in [-0.25, -0.2) is 0 Å². The number of ketones is 4. The number of phenols is 1. The van der Waals surface area contributed by atoms with Gasteiger partial charge in [-0.05, 0) is 125 Å². The highest BCUT2D eigenvalue weighted by atomic mass is 28.4. The number of hydrogen-bond acceptors (Lipinski definition) is 20. The molecule has 2 saturated carbocycles. The molecular weight excluding hydrogens is 1100 g/mol. The van der Waals surface area contributed by atoms with Gasteiger partial charge >= 0.3 is 0 Å². The summed E-state index contributed by atoms with van der Waals surface area (Å²) in [5, 5.41) is 82.5. The van der Waals surface area contributed by atoms with E-state index in [0.717, 1.165) is 22.4 Å². The minimum Gasteiger partial charge on any atom is -0.508 e. The molecule has 450 valence electrons. The van der Waals surface area contributed by atoms with E-state index in [9.17, 15) is 50.1 Å². The number of anilines is 2. The first-order valence-electron chi connectivity index (χ1n) is 27.9. The van der Waals surface area contributed by atoms with E-state index in [1.165, 1.54) is 25.1 Å². The van der Waals surface area contributed by atoms with Gasteiger partial charge in [-0.3, -0.25) is 33.8 Å². The lowest BCUT2D eigenvalue weighted by Gasteiger charge is -2.58.